The lowest BCUT2D eigenvalue weighted by molar-refractivity contribution is 0.0693. The highest BCUT2D eigenvalue weighted by atomic mass is 35.5. The molecule has 2 rings (SSSR count). The van der Waals surface area contributed by atoms with Crippen LogP contribution in [0, 0.1) is 5.92 Å². The van der Waals surface area contributed by atoms with Crippen LogP contribution in [0.3, 0.4) is 0 Å². The van der Waals surface area contributed by atoms with Gasteiger partial charge in [0.15, 0.2) is 0 Å². The van der Waals surface area contributed by atoms with Gasteiger partial charge in [-0.1, -0.05) is 18.0 Å². The zero-order valence-electron chi connectivity index (χ0n) is 10.3. The van der Waals surface area contributed by atoms with Crippen molar-refractivity contribution in [2.24, 2.45) is 5.92 Å². The largest absolute Gasteiger partial charge is 0.393 e. The van der Waals surface area contributed by atoms with Crippen LogP contribution in [0.5, 0.6) is 0 Å². The van der Waals surface area contributed by atoms with Crippen molar-refractivity contribution in [1.29, 1.82) is 0 Å². The minimum Gasteiger partial charge on any atom is -0.393 e. The molecule has 1 fully saturated rings. The number of nitrogens with zero attached hydrogens (tertiary/aromatic N) is 2. The van der Waals surface area contributed by atoms with Gasteiger partial charge in [0.25, 0.3) is 5.91 Å². The van der Waals surface area contributed by atoms with Crippen LogP contribution >= 0.6 is 11.6 Å². The fraction of sp³-hybridized carbons (Fsp3) is 0.538. The summed E-state index contributed by atoms with van der Waals surface area (Å²) in [6, 6.07) is 1.62. The van der Waals surface area contributed by atoms with E-state index in [9.17, 15) is 9.90 Å². The zero-order chi connectivity index (χ0) is 13.1. The Hall–Kier alpha value is -1.13. The standard InChI is InChI=1S/C13H17ClN2O2/c1-16(8-9-3-2-4-12(9)17)13(18)10-5-6-15-7-11(10)14/h5-7,9,12,17H,2-4,8H2,1H3. The Morgan fingerprint density at radius 3 is 3.00 bits per heavy atom. The van der Waals surface area contributed by atoms with E-state index in [1.165, 1.54) is 6.20 Å². The second kappa shape index (κ2) is 5.67. The fourth-order valence-electron chi connectivity index (χ4n) is 2.42. The molecule has 18 heavy (non-hydrogen) atoms. The number of hydrogen-bond donors (Lipinski definition) is 1. The predicted octanol–water partition coefficient (Wildman–Crippen LogP) is 1.97. The molecule has 0 spiro atoms. The third-order valence-electron chi connectivity index (χ3n) is 3.48. The number of amides is 1. The smallest absolute Gasteiger partial charge is 0.255 e. The zero-order valence-corrected chi connectivity index (χ0v) is 11.1. The summed E-state index contributed by atoms with van der Waals surface area (Å²) in [7, 11) is 1.74. The fourth-order valence-corrected chi connectivity index (χ4v) is 2.62. The van der Waals surface area contributed by atoms with E-state index in [0.29, 0.717) is 17.1 Å². The minimum absolute atomic E-state index is 0.124. The molecule has 1 heterocycles. The molecule has 5 heteroatoms. The van der Waals surface area contributed by atoms with Crippen LogP contribution in [0.15, 0.2) is 18.5 Å². The maximum Gasteiger partial charge on any atom is 0.255 e. The maximum atomic E-state index is 12.2. The number of carbonyl (C=O) groups excluding carboxylic acids is 1. The lowest BCUT2D eigenvalue weighted by Gasteiger charge is -2.23. The van der Waals surface area contributed by atoms with E-state index >= 15 is 0 Å². The molecule has 0 aromatic carbocycles. The molecule has 2 atom stereocenters. The summed E-state index contributed by atoms with van der Waals surface area (Å²) in [5.41, 5.74) is 0.460. The molecular weight excluding hydrogens is 252 g/mol. The summed E-state index contributed by atoms with van der Waals surface area (Å²) in [5, 5.41) is 10.1. The van der Waals surface area contributed by atoms with Gasteiger partial charge in [-0.25, -0.2) is 0 Å². The van der Waals surface area contributed by atoms with E-state index in [-0.39, 0.29) is 17.9 Å². The van der Waals surface area contributed by atoms with Crippen molar-refractivity contribution in [3.05, 3.63) is 29.0 Å². The topological polar surface area (TPSA) is 53.4 Å². The van der Waals surface area contributed by atoms with Gasteiger partial charge >= 0.3 is 0 Å². The number of halogens is 1. The lowest BCUT2D eigenvalue weighted by atomic mass is 10.1. The predicted molar refractivity (Wildman–Crippen MR) is 69.6 cm³/mol. The highest BCUT2D eigenvalue weighted by molar-refractivity contribution is 6.33. The summed E-state index contributed by atoms with van der Waals surface area (Å²) in [6.07, 6.45) is 5.58. The quantitative estimate of drug-likeness (QED) is 0.912. The van der Waals surface area contributed by atoms with Crippen molar-refractivity contribution >= 4 is 17.5 Å². The number of hydrogen-bond acceptors (Lipinski definition) is 3. The molecule has 1 aromatic heterocycles. The molecule has 1 aliphatic carbocycles. The lowest BCUT2D eigenvalue weighted by Crippen LogP contribution is -2.34. The average Bonchev–Trinajstić information content (AvgIpc) is 2.75. The van der Waals surface area contributed by atoms with Crippen molar-refractivity contribution in [1.82, 2.24) is 9.88 Å². The number of aliphatic hydroxyl groups is 1. The Labute approximate surface area is 112 Å². The molecule has 1 N–H and O–H groups in total. The summed E-state index contributed by atoms with van der Waals surface area (Å²) >= 11 is 5.95. The third-order valence-corrected chi connectivity index (χ3v) is 3.78. The van der Waals surface area contributed by atoms with Crippen LogP contribution in [0.4, 0.5) is 0 Å². The summed E-state index contributed by atoms with van der Waals surface area (Å²) in [5.74, 6) is 0.0565. The van der Waals surface area contributed by atoms with Gasteiger partial charge in [-0.2, -0.15) is 0 Å². The first-order valence-electron chi connectivity index (χ1n) is 6.12. The molecule has 4 nitrogen and oxygen atoms in total. The minimum atomic E-state index is -0.284. The van der Waals surface area contributed by atoms with Crippen LogP contribution < -0.4 is 0 Å². The number of aromatic nitrogens is 1. The number of carbonyl (C=O) groups is 1. The van der Waals surface area contributed by atoms with Crippen LogP contribution in [-0.2, 0) is 0 Å². The number of rotatable bonds is 3. The molecular formula is C13H17ClN2O2. The summed E-state index contributed by atoms with van der Waals surface area (Å²) in [4.78, 5) is 17.7. The Morgan fingerprint density at radius 2 is 2.39 bits per heavy atom. The molecule has 0 radical (unpaired) electrons. The Bertz CT molecular complexity index is 439. The second-order valence-corrected chi connectivity index (χ2v) is 5.21. The summed E-state index contributed by atoms with van der Waals surface area (Å²) in [6.45, 7) is 0.568. The van der Waals surface area contributed by atoms with Gasteiger partial charge in [-0.15, -0.1) is 0 Å². The first kappa shape index (κ1) is 13.3. The van der Waals surface area contributed by atoms with Crippen molar-refractivity contribution in [3.8, 4) is 0 Å². The van der Waals surface area contributed by atoms with E-state index in [4.69, 9.17) is 11.6 Å². The molecule has 1 aliphatic rings. The Balaban J connectivity index is 2.03. The van der Waals surface area contributed by atoms with Crippen LogP contribution in [0.2, 0.25) is 5.02 Å². The van der Waals surface area contributed by atoms with E-state index in [2.05, 4.69) is 4.98 Å². The molecule has 1 saturated carbocycles. The van der Waals surface area contributed by atoms with Gasteiger partial charge < -0.3 is 10.0 Å². The van der Waals surface area contributed by atoms with Gasteiger partial charge in [0.1, 0.15) is 0 Å². The van der Waals surface area contributed by atoms with Crippen LogP contribution in [0.25, 0.3) is 0 Å². The van der Waals surface area contributed by atoms with Crippen molar-refractivity contribution < 1.29 is 9.90 Å². The van der Waals surface area contributed by atoms with Crippen molar-refractivity contribution in [3.63, 3.8) is 0 Å². The highest BCUT2D eigenvalue weighted by Gasteiger charge is 2.28. The summed E-state index contributed by atoms with van der Waals surface area (Å²) < 4.78 is 0. The van der Waals surface area contributed by atoms with E-state index in [1.54, 1.807) is 24.2 Å². The molecule has 1 amide bonds. The molecule has 98 valence electrons. The molecule has 0 saturated heterocycles. The van der Waals surface area contributed by atoms with E-state index in [0.717, 1.165) is 19.3 Å². The van der Waals surface area contributed by atoms with E-state index < -0.39 is 0 Å². The van der Waals surface area contributed by atoms with Crippen LogP contribution in [0.1, 0.15) is 29.6 Å². The molecule has 0 bridgehead atoms. The SMILES string of the molecule is CN(CC1CCCC1O)C(=O)c1ccncc1Cl. The third kappa shape index (κ3) is 2.82. The number of pyridine rings is 1. The van der Waals surface area contributed by atoms with Gasteiger partial charge in [0.05, 0.1) is 16.7 Å². The van der Waals surface area contributed by atoms with Gasteiger partial charge in [-0.3, -0.25) is 9.78 Å². The Kier molecular flexibility index (Phi) is 4.19. The molecule has 0 aliphatic heterocycles. The normalized spacial score (nSPS) is 23.1. The van der Waals surface area contributed by atoms with Gasteiger partial charge in [0.2, 0.25) is 0 Å². The second-order valence-electron chi connectivity index (χ2n) is 4.80. The number of aliphatic hydroxyl groups excluding tert-OH is 1. The first-order chi connectivity index (χ1) is 8.59. The Morgan fingerprint density at radius 1 is 1.61 bits per heavy atom. The van der Waals surface area contributed by atoms with Gasteiger partial charge in [0, 0.05) is 31.9 Å². The average molecular weight is 269 g/mol. The van der Waals surface area contributed by atoms with Crippen molar-refractivity contribution in [2.45, 2.75) is 25.4 Å². The molecule has 1 aromatic rings. The van der Waals surface area contributed by atoms with Crippen molar-refractivity contribution in [2.75, 3.05) is 13.6 Å². The maximum absolute atomic E-state index is 12.2. The monoisotopic (exact) mass is 268 g/mol. The molecule has 2 unspecified atom stereocenters. The van der Waals surface area contributed by atoms with E-state index in [1.807, 2.05) is 0 Å². The first-order valence-corrected chi connectivity index (χ1v) is 6.50. The van der Waals surface area contributed by atoms with Gasteiger partial charge in [-0.05, 0) is 18.9 Å². The van der Waals surface area contributed by atoms with Crippen LogP contribution in [-0.4, -0.2) is 40.6 Å². The highest BCUT2D eigenvalue weighted by Crippen LogP contribution is 2.26.